The summed E-state index contributed by atoms with van der Waals surface area (Å²) in [6.45, 7) is 4.41. The van der Waals surface area contributed by atoms with Crippen LogP contribution in [0.2, 0.25) is 0 Å². The summed E-state index contributed by atoms with van der Waals surface area (Å²) in [7, 11) is 0. The standard InChI is InChI=1S/C37H34F6N12O2/c1-3-10-50-19-44-33-29(35(50)56)48-31(23-13-46-52(17-23)15-21-8-9-25(27(39)12-21)37(41,42)43)54(33)55-32(49-30-34(55)45-20-51(11-4-2)36(30)57)24-14-47-53(18-24)16-22-6-5-7-26(38)28(22)40/h5-9,12-14,17-20,31-32,48-49H,3-4,10-11,15-16H2,1-2H3. The summed E-state index contributed by atoms with van der Waals surface area (Å²) in [4.78, 5) is 37.1. The van der Waals surface area contributed by atoms with Crippen LogP contribution in [0.15, 0.2) is 83.4 Å². The first-order chi connectivity index (χ1) is 27.4. The highest BCUT2D eigenvalue weighted by atomic mass is 19.4. The fourth-order valence-corrected chi connectivity index (χ4v) is 7.04. The van der Waals surface area contributed by atoms with E-state index >= 15 is 0 Å². The second-order valence-corrected chi connectivity index (χ2v) is 13.6. The Morgan fingerprint density at radius 1 is 0.719 bits per heavy atom. The van der Waals surface area contributed by atoms with Gasteiger partial charge in [0.2, 0.25) is 0 Å². The van der Waals surface area contributed by atoms with E-state index in [4.69, 9.17) is 4.98 Å². The number of anilines is 4. The molecule has 2 aromatic carbocycles. The number of rotatable bonds is 11. The molecule has 6 heterocycles. The lowest BCUT2D eigenvalue weighted by Gasteiger charge is -2.37. The number of hydrazine groups is 1. The van der Waals surface area contributed by atoms with Crippen LogP contribution in [0.4, 0.5) is 49.4 Å². The average Bonchev–Trinajstić information content (AvgIpc) is 3.97. The third kappa shape index (κ3) is 6.73. The van der Waals surface area contributed by atoms with Crippen molar-refractivity contribution in [3.63, 3.8) is 0 Å². The molecule has 2 aliphatic heterocycles. The summed E-state index contributed by atoms with van der Waals surface area (Å²) >= 11 is 0. The fourth-order valence-electron chi connectivity index (χ4n) is 7.04. The topological polar surface area (TPSA) is 136 Å². The number of benzene rings is 2. The van der Waals surface area contributed by atoms with E-state index in [1.807, 2.05) is 13.8 Å². The molecule has 0 saturated heterocycles. The molecule has 2 aliphatic rings. The first-order valence-corrected chi connectivity index (χ1v) is 18.0. The van der Waals surface area contributed by atoms with Gasteiger partial charge in [0.25, 0.3) is 11.1 Å². The molecule has 296 valence electrons. The summed E-state index contributed by atoms with van der Waals surface area (Å²) in [5.74, 6) is -3.05. The lowest BCUT2D eigenvalue weighted by Crippen LogP contribution is -2.47. The maximum Gasteiger partial charge on any atom is 0.419 e. The summed E-state index contributed by atoms with van der Waals surface area (Å²) < 4.78 is 88.6. The van der Waals surface area contributed by atoms with E-state index in [9.17, 15) is 35.9 Å². The Morgan fingerprint density at radius 2 is 1.26 bits per heavy atom. The SMILES string of the molecule is CCCn1cnc2c(c1=O)NC(c1cnn(Cc3ccc(C(F)(F)F)c(F)c3)c1)N2N1c2ncn(CCC)c(=O)c2NC1c1cnn(Cc2cccc(F)c2F)c1. The lowest BCUT2D eigenvalue weighted by atomic mass is 10.1. The third-order valence-corrected chi connectivity index (χ3v) is 9.67. The fraction of sp³-hybridized carbons (Fsp3) is 0.297. The van der Waals surface area contributed by atoms with Crippen molar-refractivity contribution in [3.05, 3.63) is 140 Å². The molecule has 0 aliphatic carbocycles. The molecule has 0 amide bonds. The second kappa shape index (κ2) is 14.5. The Balaban J connectivity index is 1.22. The summed E-state index contributed by atoms with van der Waals surface area (Å²) in [6.07, 6.45) is 3.64. The van der Waals surface area contributed by atoms with E-state index in [2.05, 4.69) is 25.8 Å². The van der Waals surface area contributed by atoms with Crippen molar-refractivity contribution in [2.24, 2.45) is 0 Å². The number of nitrogens with zero attached hydrogens (tertiary/aromatic N) is 10. The Labute approximate surface area is 319 Å². The van der Waals surface area contributed by atoms with E-state index in [1.54, 1.807) is 22.4 Å². The lowest BCUT2D eigenvalue weighted by molar-refractivity contribution is -0.140. The van der Waals surface area contributed by atoms with Gasteiger partial charge in [0, 0.05) is 42.2 Å². The number of halogens is 6. The van der Waals surface area contributed by atoms with Crippen LogP contribution in [-0.2, 0) is 32.4 Å². The molecule has 2 unspecified atom stereocenters. The highest BCUT2D eigenvalue weighted by molar-refractivity contribution is 5.80. The van der Waals surface area contributed by atoms with Crippen molar-refractivity contribution in [1.82, 2.24) is 38.7 Å². The van der Waals surface area contributed by atoms with Gasteiger partial charge in [0.15, 0.2) is 35.6 Å². The highest BCUT2D eigenvalue weighted by Gasteiger charge is 2.46. The Bertz CT molecular complexity index is 2600. The molecule has 2 atom stereocenters. The minimum Gasteiger partial charge on any atom is -0.352 e. The Hall–Kier alpha value is -6.60. The van der Waals surface area contributed by atoms with Crippen molar-refractivity contribution in [1.29, 1.82) is 0 Å². The summed E-state index contributed by atoms with van der Waals surface area (Å²) in [5, 5.41) is 18.7. The van der Waals surface area contributed by atoms with Gasteiger partial charge in [-0.15, -0.1) is 0 Å². The van der Waals surface area contributed by atoms with Crippen molar-refractivity contribution >= 4 is 23.0 Å². The van der Waals surface area contributed by atoms with Crippen molar-refractivity contribution in [2.75, 3.05) is 20.7 Å². The van der Waals surface area contributed by atoms with Gasteiger partial charge in [-0.05, 0) is 36.6 Å². The first kappa shape index (κ1) is 37.3. The van der Waals surface area contributed by atoms with E-state index in [0.29, 0.717) is 43.1 Å². The zero-order valence-corrected chi connectivity index (χ0v) is 30.4. The van der Waals surface area contributed by atoms with Crippen LogP contribution < -0.4 is 31.8 Å². The highest BCUT2D eigenvalue weighted by Crippen LogP contribution is 2.47. The molecular formula is C37H34F6N12O2. The molecule has 0 saturated carbocycles. The maximum absolute atomic E-state index is 14.6. The summed E-state index contributed by atoms with van der Waals surface area (Å²) in [5.41, 5.74) is -0.605. The first-order valence-electron chi connectivity index (χ1n) is 18.0. The average molecular weight is 793 g/mol. The zero-order valence-electron chi connectivity index (χ0n) is 30.4. The van der Waals surface area contributed by atoms with Gasteiger partial charge in [-0.1, -0.05) is 32.0 Å². The van der Waals surface area contributed by atoms with Crippen molar-refractivity contribution in [2.45, 2.75) is 71.4 Å². The van der Waals surface area contributed by atoms with E-state index < -0.39 is 41.5 Å². The summed E-state index contributed by atoms with van der Waals surface area (Å²) in [6, 6.07) is 6.50. The van der Waals surface area contributed by atoms with Crippen molar-refractivity contribution < 1.29 is 26.3 Å². The minimum atomic E-state index is -4.85. The number of hydrogen-bond acceptors (Lipinski definition) is 10. The molecule has 0 spiro atoms. The van der Waals surface area contributed by atoms with Gasteiger partial charge in [-0.2, -0.15) is 23.4 Å². The number of alkyl halides is 3. The van der Waals surface area contributed by atoms with Crippen LogP contribution in [0, 0.1) is 17.5 Å². The molecule has 6 aromatic rings. The van der Waals surface area contributed by atoms with Gasteiger partial charge in [0.05, 0.1) is 31.0 Å². The predicted octanol–water partition coefficient (Wildman–Crippen LogP) is 6.02. The second-order valence-electron chi connectivity index (χ2n) is 13.6. The number of fused-ring (bicyclic) bond motifs is 2. The Kier molecular flexibility index (Phi) is 9.48. The quantitative estimate of drug-likeness (QED) is 0.150. The Morgan fingerprint density at radius 3 is 1.77 bits per heavy atom. The minimum absolute atomic E-state index is 0.0645. The van der Waals surface area contributed by atoms with Crippen LogP contribution in [0.5, 0.6) is 0 Å². The van der Waals surface area contributed by atoms with Crippen LogP contribution in [0.3, 0.4) is 0 Å². The van der Waals surface area contributed by atoms with Crippen LogP contribution in [0.25, 0.3) is 0 Å². The molecule has 0 fully saturated rings. The number of nitrogens with one attached hydrogen (secondary N) is 2. The van der Waals surface area contributed by atoms with Gasteiger partial charge < -0.3 is 10.6 Å². The molecular weight excluding hydrogens is 758 g/mol. The predicted molar refractivity (Wildman–Crippen MR) is 196 cm³/mol. The van der Waals surface area contributed by atoms with E-state index in [1.165, 1.54) is 61.7 Å². The maximum atomic E-state index is 14.6. The molecule has 2 N–H and O–H groups in total. The van der Waals surface area contributed by atoms with Gasteiger partial charge in [-0.3, -0.25) is 28.1 Å². The zero-order chi connectivity index (χ0) is 40.2. The molecule has 4 aromatic heterocycles. The normalized spacial score (nSPS) is 16.1. The van der Waals surface area contributed by atoms with Crippen LogP contribution in [0.1, 0.15) is 66.8 Å². The molecule has 0 radical (unpaired) electrons. The molecule has 14 nitrogen and oxygen atoms in total. The van der Waals surface area contributed by atoms with Crippen LogP contribution >= 0.6 is 0 Å². The van der Waals surface area contributed by atoms with E-state index in [-0.39, 0.29) is 58.3 Å². The molecule has 8 rings (SSSR count). The van der Waals surface area contributed by atoms with E-state index in [0.717, 1.165) is 12.1 Å². The van der Waals surface area contributed by atoms with Gasteiger partial charge in [-0.25, -0.2) is 33.2 Å². The number of aryl methyl sites for hydroxylation is 2. The van der Waals surface area contributed by atoms with Crippen LogP contribution in [-0.4, -0.2) is 38.7 Å². The monoisotopic (exact) mass is 792 g/mol. The largest absolute Gasteiger partial charge is 0.419 e. The van der Waals surface area contributed by atoms with Crippen molar-refractivity contribution in [3.8, 4) is 0 Å². The van der Waals surface area contributed by atoms with Gasteiger partial charge >= 0.3 is 6.18 Å². The van der Waals surface area contributed by atoms with Gasteiger partial charge in [0.1, 0.15) is 29.8 Å². The molecule has 57 heavy (non-hydrogen) atoms. The number of hydrogen-bond donors (Lipinski definition) is 2. The molecule has 0 bridgehead atoms. The molecule has 20 heteroatoms. The number of aromatic nitrogens is 8. The third-order valence-electron chi connectivity index (χ3n) is 9.67. The smallest absolute Gasteiger partial charge is 0.352 e.